The molecule has 0 rings (SSSR count). The summed E-state index contributed by atoms with van der Waals surface area (Å²) >= 11 is 0. The Morgan fingerprint density at radius 3 is 2.40 bits per heavy atom. The molecule has 3 N–H and O–H groups in total. The van der Waals surface area contributed by atoms with Crippen molar-refractivity contribution in [3.8, 4) is 0 Å². The molecule has 0 aromatic rings. The van der Waals surface area contributed by atoms with E-state index in [1.807, 2.05) is 6.92 Å². The molecule has 15 heavy (non-hydrogen) atoms. The van der Waals surface area contributed by atoms with Crippen molar-refractivity contribution in [2.75, 3.05) is 26.7 Å². The van der Waals surface area contributed by atoms with Gasteiger partial charge in [-0.05, 0) is 45.7 Å². The van der Waals surface area contributed by atoms with Crippen molar-refractivity contribution in [3.63, 3.8) is 0 Å². The first-order valence-electron chi connectivity index (χ1n) is 5.98. The molecule has 0 spiro atoms. The fourth-order valence-electron chi connectivity index (χ4n) is 1.70. The van der Waals surface area contributed by atoms with Crippen molar-refractivity contribution < 1.29 is 5.11 Å². The van der Waals surface area contributed by atoms with E-state index >= 15 is 0 Å². The summed E-state index contributed by atoms with van der Waals surface area (Å²) in [6.07, 6.45) is 2.99. The summed E-state index contributed by atoms with van der Waals surface area (Å²) in [6.45, 7) is 8.89. The third-order valence-corrected chi connectivity index (χ3v) is 2.62. The highest BCUT2D eigenvalue weighted by Gasteiger charge is 2.16. The van der Waals surface area contributed by atoms with Crippen LogP contribution in [0.3, 0.4) is 0 Å². The predicted octanol–water partition coefficient (Wildman–Crippen LogP) is 1.45. The molecule has 0 amide bonds. The molecule has 3 nitrogen and oxygen atoms in total. The topological polar surface area (TPSA) is 49.5 Å². The molecule has 0 aromatic carbocycles. The zero-order chi connectivity index (χ0) is 11.9. The summed E-state index contributed by atoms with van der Waals surface area (Å²) in [5, 5.41) is 9.70. The summed E-state index contributed by atoms with van der Waals surface area (Å²) in [4.78, 5) is 2.35. The van der Waals surface area contributed by atoms with E-state index in [-0.39, 0.29) is 0 Å². The van der Waals surface area contributed by atoms with Gasteiger partial charge in [0.1, 0.15) is 0 Å². The molecule has 0 aromatic heterocycles. The average Bonchev–Trinajstić information content (AvgIpc) is 2.11. The lowest BCUT2D eigenvalue weighted by atomic mass is 9.99. The van der Waals surface area contributed by atoms with Gasteiger partial charge in [-0.15, -0.1) is 0 Å². The monoisotopic (exact) mass is 216 g/mol. The van der Waals surface area contributed by atoms with Gasteiger partial charge < -0.3 is 15.7 Å². The number of nitrogens with two attached hydrogens (primary N) is 1. The van der Waals surface area contributed by atoms with Gasteiger partial charge in [-0.3, -0.25) is 0 Å². The molecule has 0 radical (unpaired) electrons. The van der Waals surface area contributed by atoms with Crippen molar-refractivity contribution in [1.82, 2.24) is 4.90 Å². The first kappa shape index (κ1) is 14.9. The Kier molecular flexibility index (Phi) is 7.14. The number of hydrogen-bond acceptors (Lipinski definition) is 3. The third kappa shape index (κ3) is 8.85. The molecule has 0 fully saturated rings. The van der Waals surface area contributed by atoms with Gasteiger partial charge in [0, 0.05) is 13.1 Å². The van der Waals surface area contributed by atoms with Crippen molar-refractivity contribution in [3.05, 3.63) is 0 Å². The largest absolute Gasteiger partial charge is 0.389 e. The molecule has 0 aliphatic heterocycles. The van der Waals surface area contributed by atoms with Crippen LogP contribution in [0.4, 0.5) is 0 Å². The summed E-state index contributed by atoms with van der Waals surface area (Å²) in [5.41, 5.74) is 4.78. The fourth-order valence-corrected chi connectivity index (χ4v) is 1.70. The minimum Gasteiger partial charge on any atom is -0.389 e. The maximum absolute atomic E-state index is 9.70. The van der Waals surface area contributed by atoms with Crippen LogP contribution in [-0.2, 0) is 0 Å². The Morgan fingerprint density at radius 2 is 1.93 bits per heavy atom. The first-order chi connectivity index (χ1) is 6.87. The summed E-state index contributed by atoms with van der Waals surface area (Å²) in [5.74, 6) is 0.724. The molecule has 0 heterocycles. The smallest absolute Gasteiger partial charge is 0.0741 e. The highest BCUT2D eigenvalue weighted by atomic mass is 16.3. The van der Waals surface area contributed by atoms with Gasteiger partial charge >= 0.3 is 0 Å². The Bertz CT molecular complexity index is 158. The van der Waals surface area contributed by atoms with Gasteiger partial charge in [-0.25, -0.2) is 0 Å². The van der Waals surface area contributed by atoms with E-state index in [0.717, 1.165) is 38.3 Å². The van der Waals surface area contributed by atoms with Crippen LogP contribution in [0.1, 0.15) is 40.0 Å². The normalized spacial score (nSPS) is 16.0. The molecule has 0 saturated heterocycles. The minimum atomic E-state index is -0.670. The highest BCUT2D eigenvalue weighted by Crippen LogP contribution is 2.12. The van der Waals surface area contributed by atoms with Crippen molar-refractivity contribution in [2.24, 2.45) is 11.7 Å². The minimum absolute atomic E-state index is 0.356. The Morgan fingerprint density at radius 1 is 1.33 bits per heavy atom. The van der Waals surface area contributed by atoms with E-state index in [1.165, 1.54) is 0 Å². The van der Waals surface area contributed by atoms with Crippen molar-refractivity contribution in [2.45, 2.75) is 45.6 Å². The number of nitrogens with zero attached hydrogens (tertiary/aromatic N) is 1. The van der Waals surface area contributed by atoms with Gasteiger partial charge in [0.15, 0.2) is 0 Å². The van der Waals surface area contributed by atoms with Crippen molar-refractivity contribution >= 4 is 0 Å². The average molecular weight is 216 g/mol. The van der Waals surface area contributed by atoms with Crippen LogP contribution in [0, 0.1) is 5.92 Å². The van der Waals surface area contributed by atoms with E-state index in [0.29, 0.717) is 6.54 Å². The lowest BCUT2D eigenvalue weighted by molar-refractivity contribution is 0.0565. The van der Waals surface area contributed by atoms with Gasteiger partial charge in [0.05, 0.1) is 5.60 Å². The van der Waals surface area contributed by atoms with E-state index in [2.05, 4.69) is 25.8 Å². The number of hydrogen-bond donors (Lipinski definition) is 2. The highest BCUT2D eigenvalue weighted by molar-refractivity contribution is 4.73. The van der Waals surface area contributed by atoms with Gasteiger partial charge in [0.25, 0.3) is 0 Å². The molecular weight excluding hydrogens is 188 g/mol. The zero-order valence-electron chi connectivity index (χ0n) is 10.8. The lowest BCUT2D eigenvalue weighted by Gasteiger charge is -2.22. The summed E-state index contributed by atoms with van der Waals surface area (Å²) in [6, 6.07) is 0. The molecule has 0 aliphatic rings. The second kappa shape index (κ2) is 7.20. The molecule has 0 bridgehead atoms. The van der Waals surface area contributed by atoms with Crippen LogP contribution in [0.25, 0.3) is 0 Å². The SMILES string of the molecule is CC(C)CN(C)CCCCC(C)(O)CN. The predicted molar refractivity (Wildman–Crippen MR) is 65.9 cm³/mol. The summed E-state index contributed by atoms with van der Waals surface area (Å²) in [7, 11) is 2.15. The van der Waals surface area contributed by atoms with E-state index in [1.54, 1.807) is 0 Å². The van der Waals surface area contributed by atoms with Crippen molar-refractivity contribution in [1.29, 1.82) is 0 Å². The first-order valence-corrected chi connectivity index (χ1v) is 5.98. The van der Waals surface area contributed by atoms with E-state index in [4.69, 9.17) is 5.73 Å². The van der Waals surface area contributed by atoms with E-state index in [9.17, 15) is 5.11 Å². The maximum Gasteiger partial charge on any atom is 0.0741 e. The molecule has 0 saturated carbocycles. The molecule has 3 heteroatoms. The Hall–Kier alpha value is -0.120. The van der Waals surface area contributed by atoms with Gasteiger partial charge in [0.2, 0.25) is 0 Å². The van der Waals surface area contributed by atoms with Gasteiger partial charge in [-0.2, -0.15) is 0 Å². The quantitative estimate of drug-likeness (QED) is 0.604. The van der Waals surface area contributed by atoms with Crippen LogP contribution < -0.4 is 5.73 Å². The molecule has 1 unspecified atom stereocenters. The number of rotatable bonds is 8. The van der Waals surface area contributed by atoms with Crippen LogP contribution in [0.15, 0.2) is 0 Å². The van der Waals surface area contributed by atoms with E-state index < -0.39 is 5.60 Å². The molecule has 1 atom stereocenters. The second-order valence-electron chi connectivity index (χ2n) is 5.31. The van der Waals surface area contributed by atoms with Crippen LogP contribution >= 0.6 is 0 Å². The zero-order valence-corrected chi connectivity index (χ0v) is 10.8. The number of aliphatic hydroxyl groups is 1. The fraction of sp³-hybridized carbons (Fsp3) is 1.00. The molecule has 92 valence electrons. The van der Waals surface area contributed by atoms with Crippen LogP contribution in [0.5, 0.6) is 0 Å². The summed E-state index contributed by atoms with van der Waals surface area (Å²) < 4.78 is 0. The molecular formula is C12H28N2O. The molecule has 0 aliphatic carbocycles. The Labute approximate surface area is 94.6 Å². The standard InChI is InChI=1S/C12H28N2O/c1-11(2)9-14(4)8-6-5-7-12(3,15)10-13/h11,15H,5-10,13H2,1-4H3. The van der Waals surface area contributed by atoms with Crippen LogP contribution in [0.2, 0.25) is 0 Å². The Balaban J connectivity index is 3.46. The maximum atomic E-state index is 9.70. The number of unbranched alkanes of at least 4 members (excludes halogenated alkanes) is 1. The van der Waals surface area contributed by atoms with Gasteiger partial charge in [-0.1, -0.05) is 13.8 Å². The van der Waals surface area contributed by atoms with Crippen LogP contribution in [-0.4, -0.2) is 42.3 Å². The third-order valence-electron chi connectivity index (χ3n) is 2.62. The second-order valence-corrected chi connectivity index (χ2v) is 5.31. The lowest BCUT2D eigenvalue weighted by Crippen LogP contribution is -2.34.